The van der Waals surface area contributed by atoms with E-state index in [1.54, 1.807) is 18.3 Å². The van der Waals surface area contributed by atoms with Gasteiger partial charge in [0.05, 0.1) is 37.6 Å². The smallest absolute Gasteiger partial charge is 0.337 e. The molecule has 2 aliphatic heterocycles. The Morgan fingerprint density at radius 3 is 2.78 bits per heavy atom. The fourth-order valence-electron chi connectivity index (χ4n) is 4.83. The Kier molecular flexibility index (Phi) is 7.60. The fourth-order valence-corrected chi connectivity index (χ4v) is 5.16. The number of thiocarbonyl (C=S) groups is 1. The molecule has 0 unspecified atom stereocenters. The maximum absolute atomic E-state index is 12.0. The lowest BCUT2D eigenvalue weighted by atomic mass is 10.0. The maximum atomic E-state index is 12.0. The molecule has 2 fully saturated rings. The number of furan rings is 1. The second-order valence-electron chi connectivity index (χ2n) is 8.90. The number of morpholine rings is 1. The van der Waals surface area contributed by atoms with E-state index >= 15 is 0 Å². The van der Waals surface area contributed by atoms with Gasteiger partial charge in [-0.1, -0.05) is 18.2 Å². The van der Waals surface area contributed by atoms with E-state index in [2.05, 4.69) is 20.1 Å². The molecule has 0 bridgehead atoms. The van der Waals surface area contributed by atoms with Crippen molar-refractivity contribution in [3.8, 4) is 11.3 Å². The van der Waals surface area contributed by atoms with Crippen molar-refractivity contribution >= 4 is 23.3 Å². The number of methoxy groups -OCH3 is 1. The molecule has 3 aromatic rings. The predicted molar refractivity (Wildman–Crippen MR) is 140 cm³/mol. The molecule has 0 spiro atoms. The van der Waals surface area contributed by atoms with E-state index in [-0.39, 0.29) is 18.1 Å². The van der Waals surface area contributed by atoms with Crippen molar-refractivity contribution in [3.05, 3.63) is 77.8 Å². The molecular formula is C27H30N4O4S. The molecule has 2 aromatic heterocycles. The van der Waals surface area contributed by atoms with Gasteiger partial charge in [-0.25, -0.2) is 4.79 Å². The van der Waals surface area contributed by atoms with Crippen LogP contribution in [0.4, 0.5) is 0 Å². The standard InChI is InChI=1S/C27H30N4O4S/c1-33-26(32)20-7-4-6-19(18-20)22-9-10-23(35-22)25-24(21-8-2-3-11-28-21)29-27(36)31(25)13-5-12-30-14-16-34-17-15-30/h2-4,6-11,18,24-25H,5,12-17H2,1H3,(H,29,36)/t24-,25-/m0/s1. The summed E-state index contributed by atoms with van der Waals surface area (Å²) in [5.41, 5.74) is 2.20. The van der Waals surface area contributed by atoms with Crippen LogP contribution in [0.25, 0.3) is 11.3 Å². The Morgan fingerprint density at radius 1 is 1.14 bits per heavy atom. The summed E-state index contributed by atoms with van der Waals surface area (Å²) < 4.78 is 16.7. The third-order valence-corrected chi connectivity index (χ3v) is 7.01. The molecule has 36 heavy (non-hydrogen) atoms. The summed E-state index contributed by atoms with van der Waals surface area (Å²) in [5.74, 6) is 1.10. The van der Waals surface area contributed by atoms with Crippen LogP contribution in [-0.2, 0) is 9.47 Å². The molecule has 0 amide bonds. The van der Waals surface area contributed by atoms with Crippen molar-refractivity contribution < 1.29 is 18.7 Å². The summed E-state index contributed by atoms with van der Waals surface area (Å²) in [7, 11) is 1.38. The van der Waals surface area contributed by atoms with Crippen LogP contribution in [0.15, 0.2) is 65.2 Å². The lowest BCUT2D eigenvalue weighted by Crippen LogP contribution is -2.38. The molecule has 1 N–H and O–H groups in total. The van der Waals surface area contributed by atoms with Crippen LogP contribution in [-0.4, -0.2) is 72.4 Å². The van der Waals surface area contributed by atoms with E-state index < -0.39 is 0 Å². The number of hydrogen-bond donors (Lipinski definition) is 1. The SMILES string of the molecule is COC(=O)c1cccc(-c2ccc([C@H]3[C@H](c4ccccn4)NC(=S)N3CCCN3CCOCC3)o2)c1. The number of benzene rings is 1. The van der Waals surface area contributed by atoms with Gasteiger partial charge in [0.1, 0.15) is 17.6 Å². The summed E-state index contributed by atoms with van der Waals surface area (Å²) in [6.07, 6.45) is 2.77. The largest absolute Gasteiger partial charge is 0.465 e. The van der Waals surface area contributed by atoms with E-state index in [4.69, 9.17) is 26.1 Å². The molecule has 9 heteroatoms. The fraction of sp³-hybridized carbons (Fsp3) is 0.370. The Balaban J connectivity index is 1.40. The molecule has 1 aromatic carbocycles. The molecule has 4 heterocycles. The van der Waals surface area contributed by atoms with Crippen LogP contribution in [0.1, 0.15) is 40.3 Å². The highest BCUT2D eigenvalue weighted by atomic mass is 32.1. The first-order chi connectivity index (χ1) is 17.6. The van der Waals surface area contributed by atoms with E-state index in [0.29, 0.717) is 16.4 Å². The normalized spacial score (nSPS) is 20.4. The number of pyridine rings is 1. The highest BCUT2D eigenvalue weighted by molar-refractivity contribution is 7.80. The van der Waals surface area contributed by atoms with Crippen molar-refractivity contribution in [2.24, 2.45) is 0 Å². The van der Waals surface area contributed by atoms with E-state index in [9.17, 15) is 4.79 Å². The number of rotatable bonds is 8. The average Bonchev–Trinajstić information content (AvgIpc) is 3.54. The zero-order chi connectivity index (χ0) is 24.9. The van der Waals surface area contributed by atoms with E-state index in [1.807, 2.05) is 42.5 Å². The number of ether oxygens (including phenoxy) is 2. The number of aromatic nitrogens is 1. The van der Waals surface area contributed by atoms with Crippen LogP contribution in [0, 0.1) is 0 Å². The Hall–Kier alpha value is -3.27. The molecule has 188 valence electrons. The van der Waals surface area contributed by atoms with Crippen LogP contribution < -0.4 is 5.32 Å². The first kappa shape index (κ1) is 24.4. The average molecular weight is 507 g/mol. The summed E-state index contributed by atoms with van der Waals surface area (Å²) in [6, 6.07) is 16.8. The summed E-state index contributed by atoms with van der Waals surface area (Å²) >= 11 is 5.78. The minimum Gasteiger partial charge on any atom is -0.465 e. The van der Waals surface area contributed by atoms with Crippen molar-refractivity contribution in [1.29, 1.82) is 0 Å². The minimum atomic E-state index is -0.379. The van der Waals surface area contributed by atoms with E-state index in [1.165, 1.54) is 7.11 Å². The second-order valence-corrected chi connectivity index (χ2v) is 9.29. The van der Waals surface area contributed by atoms with Crippen molar-refractivity contribution in [2.45, 2.75) is 18.5 Å². The number of nitrogens with one attached hydrogen (secondary N) is 1. The van der Waals surface area contributed by atoms with Gasteiger partial charge in [0, 0.05) is 37.9 Å². The molecule has 5 rings (SSSR count). The Morgan fingerprint density at radius 2 is 2.00 bits per heavy atom. The zero-order valence-corrected chi connectivity index (χ0v) is 21.1. The monoisotopic (exact) mass is 506 g/mol. The molecule has 2 atom stereocenters. The predicted octanol–water partition coefficient (Wildman–Crippen LogP) is 3.82. The zero-order valence-electron chi connectivity index (χ0n) is 20.3. The molecule has 0 saturated carbocycles. The molecule has 0 radical (unpaired) electrons. The van der Waals surface area contributed by atoms with Gasteiger partial charge in [0.2, 0.25) is 0 Å². The van der Waals surface area contributed by atoms with Gasteiger partial charge in [0.15, 0.2) is 5.11 Å². The number of esters is 1. The van der Waals surface area contributed by atoms with Gasteiger partial charge in [-0.05, 0) is 55.0 Å². The lowest BCUT2D eigenvalue weighted by molar-refractivity contribution is 0.0365. The third kappa shape index (κ3) is 5.28. The van der Waals surface area contributed by atoms with E-state index in [0.717, 1.165) is 62.8 Å². The number of carbonyl (C=O) groups excluding carboxylic acids is 1. The van der Waals surface area contributed by atoms with Crippen LogP contribution in [0.3, 0.4) is 0 Å². The Bertz CT molecular complexity index is 1200. The van der Waals surface area contributed by atoms with Gasteiger partial charge in [-0.15, -0.1) is 0 Å². The molecule has 8 nitrogen and oxygen atoms in total. The minimum absolute atomic E-state index is 0.137. The number of hydrogen-bond acceptors (Lipinski definition) is 7. The van der Waals surface area contributed by atoms with Crippen LogP contribution in [0.5, 0.6) is 0 Å². The van der Waals surface area contributed by atoms with Gasteiger partial charge in [-0.3, -0.25) is 9.88 Å². The van der Waals surface area contributed by atoms with Crippen molar-refractivity contribution in [1.82, 2.24) is 20.1 Å². The number of carbonyl (C=O) groups is 1. The first-order valence-corrected chi connectivity index (χ1v) is 12.6. The van der Waals surface area contributed by atoms with Crippen LogP contribution >= 0.6 is 12.2 Å². The van der Waals surface area contributed by atoms with Crippen LogP contribution in [0.2, 0.25) is 0 Å². The highest BCUT2D eigenvalue weighted by Crippen LogP contribution is 2.40. The first-order valence-electron chi connectivity index (χ1n) is 12.2. The van der Waals surface area contributed by atoms with Gasteiger partial charge in [0.25, 0.3) is 0 Å². The van der Waals surface area contributed by atoms with Gasteiger partial charge < -0.3 is 24.1 Å². The Labute approximate surface area is 216 Å². The quantitative estimate of drug-likeness (QED) is 0.362. The summed E-state index contributed by atoms with van der Waals surface area (Å²) in [4.78, 5) is 21.2. The second kappa shape index (κ2) is 11.2. The van der Waals surface area contributed by atoms with Gasteiger partial charge in [-0.2, -0.15) is 0 Å². The summed E-state index contributed by atoms with van der Waals surface area (Å²) in [5, 5.41) is 4.18. The highest BCUT2D eigenvalue weighted by Gasteiger charge is 2.41. The van der Waals surface area contributed by atoms with Gasteiger partial charge >= 0.3 is 5.97 Å². The van der Waals surface area contributed by atoms with Crippen molar-refractivity contribution in [3.63, 3.8) is 0 Å². The third-order valence-electron chi connectivity index (χ3n) is 6.66. The van der Waals surface area contributed by atoms with Crippen molar-refractivity contribution in [2.75, 3.05) is 46.5 Å². The molecule has 0 aliphatic carbocycles. The molecule has 2 saturated heterocycles. The number of nitrogens with zero attached hydrogens (tertiary/aromatic N) is 3. The molecular weight excluding hydrogens is 476 g/mol. The summed E-state index contributed by atoms with van der Waals surface area (Å²) in [6.45, 7) is 5.31. The maximum Gasteiger partial charge on any atom is 0.337 e. The topological polar surface area (TPSA) is 80.1 Å². The lowest BCUT2D eigenvalue weighted by Gasteiger charge is -2.29. The molecule has 2 aliphatic rings.